The van der Waals surface area contributed by atoms with E-state index in [0.717, 1.165) is 29.9 Å². The van der Waals surface area contributed by atoms with Gasteiger partial charge in [0.05, 0.1) is 5.75 Å². The van der Waals surface area contributed by atoms with Crippen molar-refractivity contribution >= 4 is 15.9 Å². The van der Waals surface area contributed by atoms with Gasteiger partial charge in [-0.05, 0) is 49.4 Å². The molecule has 1 heterocycles. The second-order valence-corrected chi connectivity index (χ2v) is 8.47. The summed E-state index contributed by atoms with van der Waals surface area (Å²) in [5, 5.41) is 2.70. The number of ether oxygens (including phenoxy) is 2. The van der Waals surface area contributed by atoms with Crippen molar-refractivity contribution in [2.24, 2.45) is 5.92 Å². The molecule has 1 aromatic carbocycles. The van der Waals surface area contributed by atoms with E-state index in [0.29, 0.717) is 25.6 Å². The molecule has 7 nitrogen and oxygen atoms in total. The molecule has 3 rings (SSSR count). The van der Waals surface area contributed by atoms with E-state index in [9.17, 15) is 13.2 Å². The summed E-state index contributed by atoms with van der Waals surface area (Å²) in [4.78, 5) is 12.2. The van der Waals surface area contributed by atoms with E-state index in [4.69, 9.17) is 9.47 Å². The van der Waals surface area contributed by atoms with Gasteiger partial charge in [-0.1, -0.05) is 6.07 Å². The highest BCUT2D eigenvalue weighted by molar-refractivity contribution is 7.89. The van der Waals surface area contributed by atoms with E-state index in [-0.39, 0.29) is 24.1 Å². The van der Waals surface area contributed by atoms with Crippen LogP contribution in [0.3, 0.4) is 0 Å². The molecule has 25 heavy (non-hydrogen) atoms. The fourth-order valence-corrected chi connectivity index (χ4v) is 3.62. The number of rotatable bonds is 8. The molecule has 1 atom stereocenters. The number of benzene rings is 1. The van der Waals surface area contributed by atoms with Crippen LogP contribution in [0, 0.1) is 5.92 Å². The lowest BCUT2D eigenvalue weighted by Gasteiger charge is -2.22. The van der Waals surface area contributed by atoms with Gasteiger partial charge in [0.15, 0.2) is 11.5 Å². The Kier molecular flexibility index (Phi) is 5.48. The van der Waals surface area contributed by atoms with Crippen molar-refractivity contribution in [2.45, 2.75) is 25.2 Å². The van der Waals surface area contributed by atoms with Crippen molar-refractivity contribution in [3.8, 4) is 11.5 Å². The lowest BCUT2D eigenvalue weighted by molar-refractivity contribution is -0.121. The molecule has 0 aromatic heterocycles. The third kappa shape index (κ3) is 4.85. The first kappa shape index (κ1) is 18.0. The van der Waals surface area contributed by atoms with Crippen LogP contribution in [-0.2, 0) is 14.8 Å². The van der Waals surface area contributed by atoms with Crippen LogP contribution in [0.5, 0.6) is 11.5 Å². The SMILES string of the molecule is CNS(=O)(=O)CCNC(=O)CC(c1ccc2c(c1)OCCO2)C1CC1. The first-order valence-corrected chi connectivity index (χ1v) is 10.2. The Morgan fingerprint density at radius 3 is 2.64 bits per heavy atom. The highest BCUT2D eigenvalue weighted by Gasteiger charge is 2.34. The van der Waals surface area contributed by atoms with Crippen molar-refractivity contribution in [3.05, 3.63) is 23.8 Å². The number of amides is 1. The molecule has 1 aliphatic carbocycles. The first-order valence-electron chi connectivity index (χ1n) is 8.56. The van der Waals surface area contributed by atoms with E-state index >= 15 is 0 Å². The van der Waals surface area contributed by atoms with Gasteiger partial charge in [0.1, 0.15) is 13.2 Å². The molecule has 2 N–H and O–H groups in total. The van der Waals surface area contributed by atoms with Crippen LogP contribution in [0.2, 0.25) is 0 Å². The van der Waals surface area contributed by atoms with Crippen LogP contribution in [0.25, 0.3) is 0 Å². The van der Waals surface area contributed by atoms with Crippen LogP contribution < -0.4 is 19.5 Å². The van der Waals surface area contributed by atoms with Crippen molar-refractivity contribution < 1.29 is 22.7 Å². The number of nitrogens with one attached hydrogen (secondary N) is 2. The third-order valence-electron chi connectivity index (χ3n) is 4.59. The summed E-state index contributed by atoms with van der Waals surface area (Å²) >= 11 is 0. The van der Waals surface area contributed by atoms with Gasteiger partial charge >= 0.3 is 0 Å². The summed E-state index contributed by atoms with van der Waals surface area (Å²) in [7, 11) is -1.94. The molecular formula is C17H24N2O5S. The van der Waals surface area contributed by atoms with Gasteiger partial charge in [-0.25, -0.2) is 13.1 Å². The molecule has 2 aliphatic rings. The molecule has 1 saturated carbocycles. The maximum absolute atomic E-state index is 12.2. The minimum absolute atomic E-state index is 0.112. The van der Waals surface area contributed by atoms with Gasteiger partial charge < -0.3 is 14.8 Å². The van der Waals surface area contributed by atoms with E-state index in [1.54, 1.807) is 0 Å². The molecule has 0 saturated heterocycles. The zero-order chi connectivity index (χ0) is 17.9. The zero-order valence-corrected chi connectivity index (χ0v) is 15.1. The molecule has 8 heteroatoms. The molecular weight excluding hydrogens is 344 g/mol. The van der Waals surface area contributed by atoms with Crippen molar-refractivity contribution in [1.82, 2.24) is 10.0 Å². The Hall–Kier alpha value is -1.80. The number of hydrogen-bond donors (Lipinski definition) is 2. The molecule has 1 amide bonds. The molecule has 1 fully saturated rings. The highest BCUT2D eigenvalue weighted by Crippen LogP contribution is 2.46. The predicted molar refractivity (Wildman–Crippen MR) is 93.4 cm³/mol. The number of hydrogen-bond acceptors (Lipinski definition) is 5. The Balaban J connectivity index is 1.61. The highest BCUT2D eigenvalue weighted by atomic mass is 32.2. The second kappa shape index (κ2) is 7.61. The Morgan fingerprint density at radius 2 is 1.96 bits per heavy atom. The molecule has 1 aliphatic heterocycles. The van der Waals surface area contributed by atoms with Crippen LogP contribution >= 0.6 is 0 Å². The Labute approximate surface area is 148 Å². The van der Waals surface area contributed by atoms with Crippen LogP contribution in [0.15, 0.2) is 18.2 Å². The van der Waals surface area contributed by atoms with Gasteiger partial charge in [-0.3, -0.25) is 4.79 Å². The van der Waals surface area contributed by atoms with Crippen molar-refractivity contribution in [2.75, 3.05) is 32.6 Å². The standard InChI is InChI=1S/C17H24N2O5S/c1-18-25(21,22)9-6-19-17(20)11-14(12-2-3-12)13-4-5-15-16(10-13)24-8-7-23-15/h4-5,10,12,14,18H,2-3,6-9,11H2,1H3,(H,19,20). The summed E-state index contributed by atoms with van der Waals surface area (Å²) < 4.78 is 36.2. The minimum atomic E-state index is -3.31. The fourth-order valence-electron chi connectivity index (χ4n) is 3.04. The molecule has 0 spiro atoms. The summed E-state index contributed by atoms with van der Waals surface area (Å²) in [6.07, 6.45) is 2.57. The number of carbonyl (C=O) groups is 1. The first-order chi connectivity index (χ1) is 12.0. The maximum Gasteiger partial charge on any atom is 0.220 e. The molecule has 1 unspecified atom stereocenters. The van der Waals surface area contributed by atoms with Crippen molar-refractivity contribution in [1.29, 1.82) is 0 Å². The lowest BCUT2D eigenvalue weighted by atomic mass is 9.90. The number of carbonyl (C=O) groups excluding carboxylic acids is 1. The smallest absolute Gasteiger partial charge is 0.220 e. The van der Waals surface area contributed by atoms with E-state index < -0.39 is 10.0 Å². The zero-order valence-electron chi connectivity index (χ0n) is 14.3. The van der Waals surface area contributed by atoms with Gasteiger partial charge in [-0.2, -0.15) is 0 Å². The fraction of sp³-hybridized carbons (Fsp3) is 0.588. The third-order valence-corrected chi connectivity index (χ3v) is 5.96. The maximum atomic E-state index is 12.2. The average Bonchev–Trinajstić information content (AvgIpc) is 3.44. The van der Waals surface area contributed by atoms with E-state index in [2.05, 4.69) is 10.0 Å². The number of sulfonamides is 1. The normalized spacial score (nSPS) is 17.8. The summed E-state index contributed by atoms with van der Waals surface area (Å²) in [6.45, 7) is 1.20. The van der Waals surface area contributed by atoms with Crippen molar-refractivity contribution in [3.63, 3.8) is 0 Å². The summed E-state index contributed by atoms with van der Waals surface area (Å²) in [6, 6.07) is 5.86. The number of fused-ring (bicyclic) bond motifs is 1. The topological polar surface area (TPSA) is 93.7 Å². The van der Waals surface area contributed by atoms with Gasteiger partial charge in [0.25, 0.3) is 0 Å². The minimum Gasteiger partial charge on any atom is -0.486 e. The van der Waals surface area contributed by atoms with Crippen LogP contribution in [0.1, 0.15) is 30.7 Å². The lowest BCUT2D eigenvalue weighted by Crippen LogP contribution is -2.33. The summed E-state index contributed by atoms with van der Waals surface area (Å²) in [5.74, 6) is 1.85. The molecule has 1 aromatic rings. The van der Waals surface area contributed by atoms with Gasteiger partial charge in [0.2, 0.25) is 15.9 Å². The Morgan fingerprint density at radius 1 is 1.24 bits per heavy atom. The van der Waals surface area contributed by atoms with E-state index in [1.807, 2.05) is 18.2 Å². The quantitative estimate of drug-likeness (QED) is 0.714. The molecule has 138 valence electrons. The summed E-state index contributed by atoms with van der Waals surface area (Å²) in [5.41, 5.74) is 1.07. The molecule has 0 radical (unpaired) electrons. The van der Waals surface area contributed by atoms with E-state index in [1.165, 1.54) is 7.05 Å². The van der Waals surface area contributed by atoms with Gasteiger partial charge in [0, 0.05) is 13.0 Å². The Bertz CT molecular complexity index is 731. The van der Waals surface area contributed by atoms with Crippen LogP contribution in [-0.4, -0.2) is 46.9 Å². The largest absolute Gasteiger partial charge is 0.486 e. The predicted octanol–water partition coefficient (Wildman–Crippen LogP) is 1.01. The monoisotopic (exact) mass is 368 g/mol. The van der Waals surface area contributed by atoms with Gasteiger partial charge in [-0.15, -0.1) is 0 Å². The second-order valence-electron chi connectivity index (χ2n) is 6.42. The van der Waals surface area contributed by atoms with Crippen LogP contribution in [0.4, 0.5) is 0 Å². The molecule has 0 bridgehead atoms. The average molecular weight is 368 g/mol.